The molecule has 0 fully saturated rings. The number of nitrogens with zero attached hydrogens (tertiary/aromatic N) is 2. The summed E-state index contributed by atoms with van der Waals surface area (Å²) in [6.45, 7) is 1.96. The van der Waals surface area contributed by atoms with Crippen molar-refractivity contribution in [3.8, 4) is 11.5 Å². The summed E-state index contributed by atoms with van der Waals surface area (Å²) in [5.41, 5.74) is 7.26. The Morgan fingerprint density at radius 2 is 1.41 bits per heavy atom. The van der Waals surface area contributed by atoms with Crippen LogP contribution < -0.4 is 14.9 Å². The number of benzene rings is 3. The Balaban J connectivity index is 1.90. The molecule has 0 atom stereocenters. The fourth-order valence-corrected chi connectivity index (χ4v) is 3.04. The van der Waals surface area contributed by atoms with Crippen LogP contribution in [0.15, 0.2) is 76.8 Å². The summed E-state index contributed by atoms with van der Waals surface area (Å²) in [4.78, 5) is 4.40. The van der Waals surface area contributed by atoms with E-state index in [1.165, 1.54) is 6.34 Å². The van der Waals surface area contributed by atoms with Gasteiger partial charge in [0.05, 0.1) is 30.6 Å². The van der Waals surface area contributed by atoms with Gasteiger partial charge in [-0.2, -0.15) is 5.10 Å². The first-order valence-corrected chi connectivity index (χ1v) is 9.40. The van der Waals surface area contributed by atoms with Crippen LogP contribution in [0.2, 0.25) is 5.02 Å². The van der Waals surface area contributed by atoms with Crippen LogP contribution in [-0.2, 0) is 0 Å². The molecule has 0 aromatic heterocycles. The molecule has 0 bridgehead atoms. The van der Waals surface area contributed by atoms with Crippen LogP contribution in [0.4, 0.5) is 5.69 Å². The number of halogens is 1. The standard InChI is InChI=1S/C23H22ClN3O2/c1-16-5-4-6-21(24)22(16)25-15-26-27-23(17-7-11-19(28-2)12-8-17)18-9-13-20(29-3)14-10-18/h4-15H,1-3H3,(H,25,26). The number of hydrazone groups is 1. The minimum absolute atomic E-state index is 0.595. The number of para-hydroxylation sites is 1. The van der Waals surface area contributed by atoms with Crippen molar-refractivity contribution in [1.29, 1.82) is 0 Å². The molecule has 29 heavy (non-hydrogen) atoms. The van der Waals surface area contributed by atoms with E-state index in [0.717, 1.165) is 33.9 Å². The van der Waals surface area contributed by atoms with Crippen LogP contribution in [0.3, 0.4) is 0 Å². The molecule has 0 spiro atoms. The lowest BCUT2D eigenvalue weighted by molar-refractivity contribution is 0.414. The molecule has 0 aliphatic carbocycles. The van der Waals surface area contributed by atoms with E-state index in [4.69, 9.17) is 21.1 Å². The van der Waals surface area contributed by atoms with Gasteiger partial charge in [0.25, 0.3) is 0 Å². The van der Waals surface area contributed by atoms with E-state index in [2.05, 4.69) is 15.5 Å². The van der Waals surface area contributed by atoms with Crippen molar-refractivity contribution in [2.24, 2.45) is 10.1 Å². The first-order chi connectivity index (χ1) is 14.1. The molecule has 3 rings (SSSR count). The van der Waals surface area contributed by atoms with Crippen molar-refractivity contribution < 1.29 is 9.47 Å². The van der Waals surface area contributed by atoms with Crippen LogP contribution in [0.5, 0.6) is 11.5 Å². The molecule has 0 aliphatic rings. The van der Waals surface area contributed by atoms with E-state index in [0.29, 0.717) is 10.7 Å². The molecule has 0 saturated carbocycles. The second kappa shape index (κ2) is 9.75. The van der Waals surface area contributed by atoms with Gasteiger partial charge in [0.15, 0.2) is 0 Å². The molecule has 0 unspecified atom stereocenters. The van der Waals surface area contributed by atoms with E-state index in [1.807, 2.05) is 73.7 Å². The number of nitrogens with one attached hydrogen (secondary N) is 1. The summed E-state index contributed by atoms with van der Waals surface area (Å²) >= 11 is 6.22. The highest BCUT2D eigenvalue weighted by atomic mass is 35.5. The SMILES string of the molecule is COc1ccc(C(=NNC=Nc2c(C)cccc2Cl)c2ccc(OC)cc2)cc1. The van der Waals surface area contributed by atoms with E-state index < -0.39 is 0 Å². The molecule has 0 aliphatic heterocycles. The zero-order valence-corrected chi connectivity index (χ0v) is 17.3. The third-order valence-electron chi connectivity index (χ3n) is 4.34. The van der Waals surface area contributed by atoms with Gasteiger partial charge in [-0.1, -0.05) is 23.7 Å². The van der Waals surface area contributed by atoms with Gasteiger partial charge in [0.1, 0.15) is 17.8 Å². The van der Waals surface area contributed by atoms with Crippen LogP contribution in [0.25, 0.3) is 0 Å². The molecule has 5 nitrogen and oxygen atoms in total. The van der Waals surface area contributed by atoms with Crippen molar-refractivity contribution in [2.45, 2.75) is 6.92 Å². The molecule has 0 radical (unpaired) electrons. The fraction of sp³-hybridized carbons (Fsp3) is 0.130. The van der Waals surface area contributed by atoms with Crippen molar-refractivity contribution in [3.63, 3.8) is 0 Å². The number of rotatable bonds is 7. The third kappa shape index (κ3) is 5.15. The number of aliphatic imine (C=N–C) groups is 1. The average Bonchev–Trinajstić information content (AvgIpc) is 2.76. The maximum atomic E-state index is 6.22. The first-order valence-electron chi connectivity index (χ1n) is 9.02. The number of methoxy groups -OCH3 is 2. The lowest BCUT2D eigenvalue weighted by Gasteiger charge is -2.09. The second-order valence-corrected chi connectivity index (χ2v) is 6.62. The van der Waals surface area contributed by atoms with Crippen molar-refractivity contribution in [2.75, 3.05) is 14.2 Å². The molecule has 148 valence electrons. The molecule has 3 aromatic carbocycles. The average molecular weight is 408 g/mol. The smallest absolute Gasteiger partial charge is 0.118 e. The summed E-state index contributed by atoms with van der Waals surface area (Å²) < 4.78 is 10.5. The highest BCUT2D eigenvalue weighted by Crippen LogP contribution is 2.27. The second-order valence-electron chi connectivity index (χ2n) is 6.21. The molecule has 6 heteroatoms. The molecule has 0 heterocycles. The summed E-state index contributed by atoms with van der Waals surface area (Å²) in [5.74, 6) is 1.57. The van der Waals surface area contributed by atoms with Crippen LogP contribution >= 0.6 is 11.6 Å². The molecular weight excluding hydrogens is 386 g/mol. The van der Waals surface area contributed by atoms with Gasteiger partial charge in [-0.25, -0.2) is 4.99 Å². The minimum atomic E-state index is 0.595. The van der Waals surface area contributed by atoms with Gasteiger partial charge >= 0.3 is 0 Å². The van der Waals surface area contributed by atoms with Gasteiger partial charge in [-0.3, -0.25) is 5.43 Å². The summed E-state index contributed by atoms with van der Waals surface area (Å²) in [6, 6.07) is 21.1. The fourth-order valence-electron chi connectivity index (χ4n) is 2.77. The zero-order valence-electron chi connectivity index (χ0n) is 16.5. The monoisotopic (exact) mass is 407 g/mol. The summed E-state index contributed by atoms with van der Waals surface area (Å²) in [5, 5.41) is 5.14. The zero-order chi connectivity index (χ0) is 20.6. The van der Waals surface area contributed by atoms with Crippen LogP contribution in [-0.4, -0.2) is 26.3 Å². The van der Waals surface area contributed by atoms with Gasteiger partial charge in [-0.15, -0.1) is 0 Å². The molecular formula is C23H22ClN3O2. The maximum absolute atomic E-state index is 6.22. The normalized spacial score (nSPS) is 10.6. The lowest BCUT2D eigenvalue weighted by atomic mass is 10.0. The number of aryl methyl sites for hydroxylation is 1. The molecule has 1 N–H and O–H groups in total. The van der Waals surface area contributed by atoms with E-state index >= 15 is 0 Å². The largest absolute Gasteiger partial charge is 0.497 e. The number of hydrogen-bond donors (Lipinski definition) is 1. The Labute approximate surface area is 175 Å². The van der Waals surface area contributed by atoms with Gasteiger partial charge in [-0.05, 0) is 67.1 Å². The molecule has 0 amide bonds. The number of ether oxygens (including phenoxy) is 2. The Morgan fingerprint density at radius 3 is 1.90 bits per heavy atom. The van der Waals surface area contributed by atoms with E-state index in [-0.39, 0.29) is 0 Å². The Morgan fingerprint density at radius 1 is 0.862 bits per heavy atom. The first kappa shape index (κ1) is 20.4. The maximum Gasteiger partial charge on any atom is 0.118 e. The Bertz CT molecular complexity index is 944. The lowest BCUT2D eigenvalue weighted by Crippen LogP contribution is -2.11. The molecule has 3 aromatic rings. The minimum Gasteiger partial charge on any atom is -0.497 e. The Hall–Kier alpha value is -3.31. The van der Waals surface area contributed by atoms with Crippen LogP contribution in [0.1, 0.15) is 16.7 Å². The van der Waals surface area contributed by atoms with Crippen LogP contribution in [0, 0.1) is 6.92 Å². The van der Waals surface area contributed by atoms with Crippen molar-refractivity contribution in [1.82, 2.24) is 5.43 Å². The van der Waals surface area contributed by atoms with E-state index in [1.54, 1.807) is 14.2 Å². The predicted octanol–water partition coefficient (Wildman–Crippen LogP) is 5.37. The summed E-state index contributed by atoms with van der Waals surface area (Å²) in [6.07, 6.45) is 1.53. The third-order valence-corrected chi connectivity index (χ3v) is 4.65. The van der Waals surface area contributed by atoms with Gasteiger partial charge in [0, 0.05) is 11.1 Å². The molecule has 0 saturated heterocycles. The summed E-state index contributed by atoms with van der Waals surface area (Å²) in [7, 11) is 3.28. The Kier molecular flexibility index (Phi) is 6.87. The topological polar surface area (TPSA) is 55.2 Å². The quantitative estimate of drug-likeness (QED) is 0.325. The van der Waals surface area contributed by atoms with Crippen molar-refractivity contribution in [3.05, 3.63) is 88.4 Å². The highest BCUT2D eigenvalue weighted by molar-refractivity contribution is 6.33. The highest BCUT2D eigenvalue weighted by Gasteiger charge is 2.08. The van der Waals surface area contributed by atoms with Gasteiger partial charge < -0.3 is 9.47 Å². The van der Waals surface area contributed by atoms with Gasteiger partial charge in [0.2, 0.25) is 0 Å². The predicted molar refractivity (Wildman–Crippen MR) is 119 cm³/mol. The van der Waals surface area contributed by atoms with E-state index in [9.17, 15) is 0 Å². The van der Waals surface area contributed by atoms with Crippen molar-refractivity contribution >= 4 is 29.3 Å². The number of hydrogen-bond acceptors (Lipinski definition) is 4.